The fourth-order valence-electron chi connectivity index (χ4n) is 1.77. The lowest BCUT2D eigenvalue weighted by Gasteiger charge is -2.06. The molecule has 0 aromatic carbocycles. The average molecular weight is 309 g/mol. The summed E-state index contributed by atoms with van der Waals surface area (Å²) in [5.41, 5.74) is 1.34. The second-order valence-corrected chi connectivity index (χ2v) is 5.39. The van der Waals surface area contributed by atoms with Crippen LogP contribution in [0.1, 0.15) is 25.3 Å². The van der Waals surface area contributed by atoms with Crippen LogP contribution in [0.4, 0.5) is 10.5 Å². The molecule has 0 aliphatic carbocycles. The summed E-state index contributed by atoms with van der Waals surface area (Å²) in [4.78, 5) is 15.6. The molecule has 0 spiro atoms. The molecule has 112 valence electrons. The van der Waals surface area contributed by atoms with Crippen molar-refractivity contribution in [2.24, 2.45) is 5.92 Å². The smallest absolute Gasteiger partial charge is 0.319 e. The number of pyridine rings is 1. The van der Waals surface area contributed by atoms with Gasteiger partial charge in [0, 0.05) is 12.3 Å². The molecule has 0 aliphatic heterocycles. The quantitative estimate of drug-likeness (QED) is 0.831. The van der Waals surface area contributed by atoms with Crippen LogP contribution in [0.25, 0.3) is 0 Å². The summed E-state index contributed by atoms with van der Waals surface area (Å²) in [6, 6.07) is 4.82. The summed E-state index contributed by atoms with van der Waals surface area (Å²) < 4.78 is 5.16. The third-order valence-corrected chi connectivity index (χ3v) is 2.96. The highest BCUT2D eigenvalue weighted by Gasteiger charge is 2.09. The summed E-state index contributed by atoms with van der Waals surface area (Å²) in [6.45, 7) is 4.48. The van der Waals surface area contributed by atoms with Crippen molar-refractivity contribution in [1.82, 2.24) is 15.5 Å². The number of aromatic nitrogens is 2. The molecule has 2 aromatic rings. The number of nitrogens with zero attached hydrogens (tertiary/aromatic N) is 2. The van der Waals surface area contributed by atoms with Crippen molar-refractivity contribution in [3.63, 3.8) is 0 Å². The first-order chi connectivity index (χ1) is 10.0. The van der Waals surface area contributed by atoms with Gasteiger partial charge in [0.15, 0.2) is 10.9 Å². The lowest BCUT2D eigenvalue weighted by Crippen LogP contribution is -2.28. The van der Waals surface area contributed by atoms with E-state index in [1.165, 1.54) is 0 Å². The van der Waals surface area contributed by atoms with Crippen LogP contribution in [0, 0.1) is 5.92 Å². The van der Waals surface area contributed by atoms with Gasteiger partial charge in [0.25, 0.3) is 0 Å². The van der Waals surface area contributed by atoms with Crippen LogP contribution < -0.4 is 10.6 Å². The van der Waals surface area contributed by atoms with Gasteiger partial charge in [-0.05, 0) is 24.5 Å². The van der Waals surface area contributed by atoms with E-state index in [0.29, 0.717) is 17.4 Å². The van der Waals surface area contributed by atoms with Crippen molar-refractivity contribution in [3.05, 3.63) is 41.0 Å². The SMILES string of the molecule is CC(C)Cc1cc(CNC(=O)Nc2cccnc2Cl)on1. The number of rotatable bonds is 5. The zero-order valence-electron chi connectivity index (χ0n) is 11.9. The average Bonchev–Trinajstić information content (AvgIpc) is 2.86. The van der Waals surface area contributed by atoms with E-state index in [1.807, 2.05) is 6.07 Å². The molecule has 6 nitrogen and oxygen atoms in total. The second kappa shape index (κ2) is 7.08. The van der Waals surface area contributed by atoms with Crippen LogP contribution in [-0.2, 0) is 13.0 Å². The normalized spacial score (nSPS) is 10.7. The maximum absolute atomic E-state index is 11.8. The van der Waals surface area contributed by atoms with Gasteiger partial charge in [-0.15, -0.1) is 0 Å². The van der Waals surface area contributed by atoms with Crippen molar-refractivity contribution in [2.75, 3.05) is 5.32 Å². The molecule has 0 saturated heterocycles. The maximum Gasteiger partial charge on any atom is 0.319 e. The minimum Gasteiger partial charge on any atom is -0.359 e. The summed E-state index contributed by atoms with van der Waals surface area (Å²) in [5.74, 6) is 1.12. The molecule has 2 aromatic heterocycles. The molecule has 7 heteroatoms. The largest absolute Gasteiger partial charge is 0.359 e. The number of carbonyl (C=O) groups excluding carboxylic acids is 1. The van der Waals surface area contributed by atoms with Gasteiger partial charge in [-0.3, -0.25) is 0 Å². The number of nitrogens with one attached hydrogen (secondary N) is 2. The molecule has 0 aliphatic rings. The monoisotopic (exact) mass is 308 g/mol. The molecule has 0 fully saturated rings. The Kier molecular flexibility index (Phi) is 5.16. The highest BCUT2D eigenvalue weighted by Crippen LogP contribution is 2.17. The highest BCUT2D eigenvalue weighted by molar-refractivity contribution is 6.32. The van der Waals surface area contributed by atoms with E-state index >= 15 is 0 Å². The minimum absolute atomic E-state index is 0.242. The van der Waals surface area contributed by atoms with E-state index in [9.17, 15) is 4.79 Å². The molecular weight excluding hydrogens is 292 g/mol. The van der Waals surface area contributed by atoms with Crippen LogP contribution in [0.5, 0.6) is 0 Å². The van der Waals surface area contributed by atoms with Crippen LogP contribution >= 0.6 is 11.6 Å². The number of carbonyl (C=O) groups is 1. The van der Waals surface area contributed by atoms with E-state index in [4.69, 9.17) is 16.1 Å². The van der Waals surface area contributed by atoms with E-state index in [2.05, 4.69) is 34.6 Å². The molecule has 0 bridgehead atoms. The highest BCUT2D eigenvalue weighted by atomic mass is 35.5. The maximum atomic E-state index is 11.8. The molecule has 2 amide bonds. The summed E-state index contributed by atoms with van der Waals surface area (Å²) in [6.07, 6.45) is 2.40. The molecule has 0 saturated carbocycles. The van der Waals surface area contributed by atoms with E-state index in [1.54, 1.807) is 18.3 Å². The van der Waals surface area contributed by atoms with Crippen molar-refractivity contribution in [2.45, 2.75) is 26.8 Å². The molecular formula is C14H17ClN4O2. The summed E-state index contributed by atoms with van der Waals surface area (Å²) in [5, 5.41) is 9.48. The predicted octanol–water partition coefficient (Wildman–Crippen LogP) is 3.24. The zero-order chi connectivity index (χ0) is 15.2. The minimum atomic E-state index is -0.383. The molecule has 0 radical (unpaired) electrons. The summed E-state index contributed by atoms with van der Waals surface area (Å²) >= 11 is 5.86. The fourth-order valence-corrected chi connectivity index (χ4v) is 1.93. The number of hydrogen-bond donors (Lipinski definition) is 2. The van der Waals surface area contributed by atoms with Crippen LogP contribution in [-0.4, -0.2) is 16.2 Å². The van der Waals surface area contributed by atoms with Crippen LogP contribution in [0.3, 0.4) is 0 Å². The van der Waals surface area contributed by atoms with Gasteiger partial charge >= 0.3 is 6.03 Å². The van der Waals surface area contributed by atoms with Gasteiger partial charge in [0.2, 0.25) is 0 Å². The van der Waals surface area contributed by atoms with Gasteiger partial charge in [-0.25, -0.2) is 9.78 Å². The molecule has 2 N–H and O–H groups in total. The van der Waals surface area contributed by atoms with Crippen molar-refractivity contribution >= 4 is 23.3 Å². The molecule has 2 heterocycles. The molecule has 0 unspecified atom stereocenters. The fraction of sp³-hybridized carbons (Fsp3) is 0.357. The first kappa shape index (κ1) is 15.3. The first-order valence-electron chi connectivity index (χ1n) is 6.64. The van der Waals surface area contributed by atoms with Crippen molar-refractivity contribution in [1.29, 1.82) is 0 Å². The van der Waals surface area contributed by atoms with Gasteiger partial charge in [0.05, 0.1) is 17.9 Å². The summed E-state index contributed by atoms with van der Waals surface area (Å²) in [7, 11) is 0. The lowest BCUT2D eigenvalue weighted by atomic mass is 10.1. The molecule has 2 rings (SSSR count). The number of halogens is 1. The molecule has 0 atom stereocenters. The van der Waals surface area contributed by atoms with E-state index < -0.39 is 0 Å². The second-order valence-electron chi connectivity index (χ2n) is 5.03. The van der Waals surface area contributed by atoms with Gasteiger partial charge < -0.3 is 15.2 Å². The Labute approximate surface area is 127 Å². The Morgan fingerprint density at radius 2 is 2.29 bits per heavy atom. The number of amides is 2. The van der Waals surface area contributed by atoms with Crippen LogP contribution in [0.2, 0.25) is 5.15 Å². The zero-order valence-corrected chi connectivity index (χ0v) is 12.6. The Morgan fingerprint density at radius 1 is 1.48 bits per heavy atom. The Balaban J connectivity index is 1.84. The number of hydrogen-bond acceptors (Lipinski definition) is 4. The topological polar surface area (TPSA) is 80.0 Å². The number of urea groups is 1. The van der Waals surface area contributed by atoms with Gasteiger partial charge in [0.1, 0.15) is 0 Å². The standard InChI is InChI=1S/C14H17ClN4O2/c1-9(2)6-10-7-11(21-19-10)8-17-14(20)18-12-4-3-5-16-13(12)15/h3-5,7,9H,6,8H2,1-2H3,(H2,17,18,20). The Morgan fingerprint density at radius 3 is 3.00 bits per heavy atom. The third-order valence-electron chi connectivity index (χ3n) is 2.66. The van der Waals surface area contributed by atoms with Crippen molar-refractivity contribution < 1.29 is 9.32 Å². The molecule has 21 heavy (non-hydrogen) atoms. The van der Waals surface area contributed by atoms with Crippen LogP contribution in [0.15, 0.2) is 28.9 Å². The van der Waals surface area contributed by atoms with Gasteiger partial charge in [-0.1, -0.05) is 30.6 Å². The lowest BCUT2D eigenvalue weighted by molar-refractivity contribution is 0.250. The first-order valence-corrected chi connectivity index (χ1v) is 7.02. The Bertz CT molecular complexity index is 613. The van der Waals surface area contributed by atoms with E-state index in [0.717, 1.165) is 12.1 Å². The Hall–Kier alpha value is -2.08. The van der Waals surface area contributed by atoms with Gasteiger partial charge in [-0.2, -0.15) is 0 Å². The van der Waals surface area contributed by atoms with Crippen molar-refractivity contribution in [3.8, 4) is 0 Å². The van der Waals surface area contributed by atoms with E-state index in [-0.39, 0.29) is 17.7 Å². The predicted molar refractivity (Wildman–Crippen MR) is 80.2 cm³/mol. The third kappa shape index (κ3) is 4.75. The number of anilines is 1.